The van der Waals surface area contributed by atoms with Gasteiger partial charge in [0.15, 0.2) is 0 Å². The van der Waals surface area contributed by atoms with Crippen molar-refractivity contribution in [3.05, 3.63) is 84.4 Å². The topological polar surface area (TPSA) is 80.3 Å². The second-order valence-electron chi connectivity index (χ2n) is 7.02. The first kappa shape index (κ1) is 20.1. The van der Waals surface area contributed by atoms with Gasteiger partial charge in [0.1, 0.15) is 5.75 Å². The minimum atomic E-state index is -0.241. The van der Waals surface area contributed by atoms with Crippen molar-refractivity contribution in [3.8, 4) is 17.0 Å². The molecule has 0 bridgehead atoms. The number of methoxy groups -OCH3 is 1. The number of hydrogen-bond donors (Lipinski definition) is 2. The Balaban J connectivity index is 1.70. The van der Waals surface area contributed by atoms with Gasteiger partial charge in [-0.2, -0.15) is 0 Å². The molecule has 31 heavy (non-hydrogen) atoms. The molecule has 0 fully saturated rings. The normalized spacial score (nSPS) is 10.5. The zero-order valence-corrected chi connectivity index (χ0v) is 17.2. The summed E-state index contributed by atoms with van der Waals surface area (Å²) in [5, 5.41) is 6.40. The van der Waals surface area contributed by atoms with Gasteiger partial charge in [-0.05, 0) is 48.5 Å². The lowest BCUT2D eigenvalue weighted by molar-refractivity contribution is -0.114. The molecule has 0 saturated carbocycles. The van der Waals surface area contributed by atoms with Crippen LogP contribution in [0.3, 0.4) is 0 Å². The van der Waals surface area contributed by atoms with Gasteiger partial charge in [-0.3, -0.25) is 9.59 Å². The number of nitrogens with zero attached hydrogens (tertiary/aromatic N) is 1. The average Bonchev–Trinajstić information content (AvgIpc) is 2.79. The van der Waals surface area contributed by atoms with E-state index in [0.29, 0.717) is 22.6 Å². The molecule has 2 N–H and O–H groups in total. The molecule has 0 saturated heterocycles. The molecule has 0 aliphatic rings. The Morgan fingerprint density at radius 2 is 1.55 bits per heavy atom. The molecule has 1 heterocycles. The molecular weight excluding hydrogens is 390 g/mol. The first-order valence-corrected chi connectivity index (χ1v) is 9.77. The lowest BCUT2D eigenvalue weighted by Gasteiger charge is -2.12. The Hall–Kier alpha value is -4.19. The van der Waals surface area contributed by atoms with Crippen LogP contribution < -0.4 is 15.4 Å². The molecule has 3 aromatic carbocycles. The zero-order valence-electron chi connectivity index (χ0n) is 17.2. The molecule has 1 aromatic heterocycles. The monoisotopic (exact) mass is 411 g/mol. The number of amides is 2. The van der Waals surface area contributed by atoms with Gasteiger partial charge in [-0.15, -0.1) is 0 Å². The third-order valence-electron chi connectivity index (χ3n) is 4.79. The van der Waals surface area contributed by atoms with Crippen LogP contribution in [0, 0.1) is 0 Å². The summed E-state index contributed by atoms with van der Waals surface area (Å²) in [7, 11) is 1.61. The second kappa shape index (κ2) is 8.67. The summed E-state index contributed by atoms with van der Waals surface area (Å²) in [5.41, 5.74) is 4.09. The number of rotatable bonds is 5. The molecule has 4 aromatic rings. The van der Waals surface area contributed by atoms with Gasteiger partial charge < -0.3 is 15.4 Å². The van der Waals surface area contributed by atoms with Crippen molar-refractivity contribution in [2.24, 2.45) is 0 Å². The minimum absolute atomic E-state index is 0.148. The highest BCUT2D eigenvalue weighted by Crippen LogP contribution is 2.28. The first-order valence-electron chi connectivity index (χ1n) is 9.77. The fraction of sp³-hybridized carbons (Fsp3) is 0.0800. The number of benzene rings is 3. The molecule has 0 aliphatic carbocycles. The standard InChI is InChI=1S/C25H21N3O3/c1-16(29)26-18-10-12-19(13-11-18)27-25(30)22-15-24(17-6-5-7-20(14-17)31-2)28-23-9-4-3-8-21(22)23/h3-15H,1-2H3,(H,26,29)(H,27,30). The Morgan fingerprint density at radius 1 is 0.839 bits per heavy atom. The molecule has 4 rings (SSSR count). The molecule has 0 atom stereocenters. The number of anilines is 2. The van der Waals surface area contributed by atoms with Gasteiger partial charge in [0.05, 0.1) is 23.9 Å². The molecule has 0 radical (unpaired) electrons. The highest BCUT2D eigenvalue weighted by atomic mass is 16.5. The summed E-state index contributed by atoms with van der Waals surface area (Å²) in [6.07, 6.45) is 0. The van der Waals surface area contributed by atoms with Crippen molar-refractivity contribution < 1.29 is 14.3 Å². The summed E-state index contributed by atoms with van der Waals surface area (Å²) in [6.45, 7) is 1.45. The maximum Gasteiger partial charge on any atom is 0.256 e. The third kappa shape index (κ3) is 4.53. The lowest BCUT2D eigenvalue weighted by atomic mass is 10.0. The smallest absolute Gasteiger partial charge is 0.256 e. The lowest BCUT2D eigenvalue weighted by Crippen LogP contribution is -2.13. The SMILES string of the molecule is COc1cccc(-c2cc(C(=O)Nc3ccc(NC(C)=O)cc3)c3ccccc3n2)c1. The van der Waals surface area contributed by atoms with E-state index < -0.39 is 0 Å². The Morgan fingerprint density at radius 3 is 2.26 bits per heavy atom. The van der Waals surface area contributed by atoms with Crippen LogP contribution in [0.2, 0.25) is 0 Å². The van der Waals surface area contributed by atoms with Crippen molar-refractivity contribution in [2.75, 3.05) is 17.7 Å². The van der Waals surface area contributed by atoms with E-state index in [2.05, 4.69) is 10.6 Å². The van der Waals surface area contributed by atoms with E-state index in [9.17, 15) is 9.59 Å². The van der Waals surface area contributed by atoms with Crippen molar-refractivity contribution >= 4 is 34.1 Å². The summed E-state index contributed by atoms with van der Waals surface area (Å²) in [6, 6.07) is 23.9. The van der Waals surface area contributed by atoms with Crippen LogP contribution in [0.1, 0.15) is 17.3 Å². The maximum absolute atomic E-state index is 13.2. The maximum atomic E-state index is 13.2. The molecule has 0 unspecified atom stereocenters. The Bertz CT molecular complexity index is 1270. The van der Waals surface area contributed by atoms with Crippen molar-refractivity contribution in [3.63, 3.8) is 0 Å². The number of carbonyl (C=O) groups excluding carboxylic acids is 2. The van der Waals surface area contributed by atoms with Crippen LogP contribution in [-0.4, -0.2) is 23.9 Å². The quantitative estimate of drug-likeness (QED) is 0.478. The van der Waals surface area contributed by atoms with Crippen molar-refractivity contribution in [1.29, 1.82) is 0 Å². The highest BCUT2D eigenvalue weighted by molar-refractivity contribution is 6.13. The molecule has 0 spiro atoms. The summed E-state index contributed by atoms with van der Waals surface area (Å²) in [5.74, 6) is 0.331. The fourth-order valence-corrected chi connectivity index (χ4v) is 3.33. The predicted octanol–water partition coefficient (Wildman–Crippen LogP) is 5.12. The Labute approximate surface area is 179 Å². The highest BCUT2D eigenvalue weighted by Gasteiger charge is 2.14. The number of para-hydroxylation sites is 1. The molecule has 0 aliphatic heterocycles. The molecular formula is C25H21N3O3. The van der Waals surface area contributed by atoms with Gasteiger partial charge in [-0.25, -0.2) is 4.98 Å². The van der Waals surface area contributed by atoms with E-state index in [-0.39, 0.29) is 11.8 Å². The van der Waals surface area contributed by atoms with Crippen LogP contribution >= 0.6 is 0 Å². The summed E-state index contributed by atoms with van der Waals surface area (Å²) < 4.78 is 5.32. The van der Waals surface area contributed by atoms with Gasteiger partial charge in [0.25, 0.3) is 5.91 Å². The molecule has 6 nitrogen and oxygen atoms in total. The van der Waals surface area contributed by atoms with Crippen molar-refractivity contribution in [2.45, 2.75) is 6.92 Å². The van der Waals surface area contributed by atoms with Crippen LogP contribution in [-0.2, 0) is 4.79 Å². The largest absolute Gasteiger partial charge is 0.497 e. The number of pyridine rings is 1. The predicted molar refractivity (Wildman–Crippen MR) is 122 cm³/mol. The first-order chi connectivity index (χ1) is 15.0. The number of fused-ring (bicyclic) bond motifs is 1. The van der Waals surface area contributed by atoms with Crippen LogP contribution in [0.5, 0.6) is 5.75 Å². The average molecular weight is 411 g/mol. The number of nitrogens with one attached hydrogen (secondary N) is 2. The van der Waals surface area contributed by atoms with E-state index in [1.54, 1.807) is 37.4 Å². The van der Waals surface area contributed by atoms with Crippen LogP contribution in [0.15, 0.2) is 78.9 Å². The second-order valence-corrected chi connectivity index (χ2v) is 7.02. The number of aromatic nitrogens is 1. The molecule has 6 heteroatoms. The van der Waals surface area contributed by atoms with Gasteiger partial charge in [-0.1, -0.05) is 30.3 Å². The fourth-order valence-electron chi connectivity index (χ4n) is 3.33. The van der Waals surface area contributed by atoms with E-state index in [1.807, 2.05) is 48.5 Å². The molecule has 2 amide bonds. The van der Waals surface area contributed by atoms with Gasteiger partial charge in [0, 0.05) is 29.2 Å². The van der Waals surface area contributed by atoms with Crippen molar-refractivity contribution in [1.82, 2.24) is 4.98 Å². The summed E-state index contributed by atoms with van der Waals surface area (Å²) in [4.78, 5) is 29.1. The van der Waals surface area contributed by atoms with Gasteiger partial charge >= 0.3 is 0 Å². The minimum Gasteiger partial charge on any atom is -0.497 e. The number of hydrogen-bond acceptors (Lipinski definition) is 4. The number of ether oxygens (including phenoxy) is 1. The third-order valence-corrected chi connectivity index (χ3v) is 4.79. The van der Waals surface area contributed by atoms with Crippen LogP contribution in [0.4, 0.5) is 11.4 Å². The Kier molecular flexibility index (Phi) is 5.62. The summed E-state index contributed by atoms with van der Waals surface area (Å²) >= 11 is 0. The van der Waals surface area contributed by atoms with E-state index in [4.69, 9.17) is 9.72 Å². The van der Waals surface area contributed by atoms with E-state index >= 15 is 0 Å². The molecule has 154 valence electrons. The van der Waals surface area contributed by atoms with E-state index in [0.717, 1.165) is 22.2 Å². The van der Waals surface area contributed by atoms with Crippen LogP contribution in [0.25, 0.3) is 22.2 Å². The number of carbonyl (C=O) groups is 2. The van der Waals surface area contributed by atoms with E-state index in [1.165, 1.54) is 6.92 Å². The van der Waals surface area contributed by atoms with Gasteiger partial charge in [0.2, 0.25) is 5.91 Å². The zero-order chi connectivity index (χ0) is 21.8.